The van der Waals surface area contributed by atoms with Crippen LogP contribution >= 0.6 is 11.3 Å². The van der Waals surface area contributed by atoms with Crippen LogP contribution in [-0.4, -0.2) is 40.2 Å². The van der Waals surface area contributed by atoms with E-state index in [2.05, 4.69) is 10.6 Å². The second-order valence-corrected chi connectivity index (χ2v) is 9.74. The summed E-state index contributed by atoms with van der Waals surface area (Å²) in [5, 5.41) is 8.11. The maximum absolute atomic E-state index is 13.6. The molecule has 2 heterocycles. The number of amides is 3. The van der Waals surface area contributed by atoms with E-state index in [4.69, 9.17) is 0 Å². The first kappa shape index (κ1) is 20.4. The lowest BCUT2D eigenvalue weighted by molar-refractivity contribution is -0.153. The summed E-state index contributed by atoms with van der Waals surface area (Å²) >= 11 is 1.61. The van der Waals surface area contributed by atoms with Gasteiger partial charge in [-0.05, 0) is 43.6 Å². The molecule has 0 aromatic carbocycles. The zero-order chi connectivity index (χ0) is 20.3. The molecule has 3 amide bonds. The second-order valence-electron chi connectivity index (χ2n) is 8.71. The van der Waals surface area contributed by atoms with Crippen molar-refractivity contribution in [2.75, 3.05) is 0 Å². The first-order chi connectivity index (χ1) is 14.1. The molecule has 7 heteroatoms. The lowest BCUT2D eigenvalue weighted by Crippen LogP contribution is -2.64. The van der Waals surface area contributed by atoms with Crippen molar-refractivity contribution in [1.82, 2.24) is 15.5 Å². The minimum atomic E-state index is -0.810. The Morgan fingerprint density at radius 2 is 1.90 bits per heavy atom. The van der Waals surface area contributed by atoms with Gasteiger partial charge in [0.15, 0.2) is 0 Å². The fourth-order valence-electron chi connectivity index (χ4n) is 5.13. The third-order valence-electron chi connectivity index (χ3n) is 6.76. The molecule has 1 aliphatic heterocycles. The molecule has 0 unspecified atom stereocenters. The van der Waals surface area contributed by atoms with Crippen molar-refractivity contribution >= 4 is 29.1 Å². The van der Waals surface area contributed by atoms with Gasteiger partial charge in [0.2, 0.25) is 17.7 Å². The van der Waals surface area contributed by atoms with Gasteiger partial charge in [-0.25, -0.2) is 0 Å². The summed E-state index contributed by atoms with van der Waals surface area (Å²) in [4.78, 5) is 41.9. The standard InChI is InChI=1S/C22H31N3O3S/c26-19-11-10-18(24-19)20(27)25(15-17-9-6-14-29-17)22(12-4-1-5-13-22)21(28)23-16-7-2-3-8-16/h6,9,14,16,18H,1-5,7-8,10-13,15H2,(H,23,28)(H,24,26)/t18-/m0/s1. The quantitative estimate of drug-likeness (QED) is 0.746. The molecule has 2 aliphatic carbocycles. The van der Waals surface area contributed by atoms with Gasteiger partial charge < -0.3 is 15.5 Å². The van der Waals surface area contributed by atoms with E-state index in [-0.39, 0.29) is 23.8 Å². The van der Waals surface area contributed by atoms with Gasteiger partial charge in [0, 0.05) is 17.3 Å². The molecule has 1 atom stereocenters. The van der Waals surface area contributed by atoms with Crippen LogP contribution < -0.4 is 10.6 Å². The smallest absolute Gasteiger partial charge is 0.246 e. The molecule has 2 N–H and O–H groups in total. The minimum Gasteiger partial charge on any atom is -0.351 e. The van der Waals surface area contributed by atoms with Crippen LogP contribution in [0.5, 0.6) is 0 Å². The van der Waals surface area contributed by atoms with Gasteiger partial charge >= 0.3 is 0 Å². The van der Waals surface area contributed by atoms with Crippen LogP contribution in [0, 0.1) is 0 Å². The van der Waals surface area contributed by atoms with E-state index in [1.165, 1.54) is 0 Å². The zero-order valence-corrected chi connectivity index (χ0v) is 17.8. The Kier molecular flexibility index (Phi) is 6.23. The molecular weight excluding hydrogens is 386 g/mol. The highest BCUT2D eigenvalue weighted by atomic mass is 32.1. The summed E-state index contributed by atoms with van der Waals surface area (Å²) < 4.78 is 0. The number of carbonyl (C=O) groups is 3. The molecule has 1 saturated heterocycles. The normalized spacial score (nSPS) is 24.3. The van der Waals surface area contributed by atoms with Crippen LogP contribution in [0.3, 0.4) is 0 Å². The summed E-state index contributed by atoms with van der Waals surface area (Å²) in [5.74, 6) is -0.168. The van der Waals surface area contributed by atoms with Crippen molar-refractivity contribution in [3.05, 3.63) is 22.4 Å². The van der Waals surface area contributed by atoms with Crippen LogP contribution in [0.1, 0.15) is 75.5 Å². The Labute approximate surface area is 176 Å². The fourth-order valence-corrected chi connectivity index (χ4v) is 5.82. The molecule has 3 aliphatic rings. The van der Waals surface area contributed by atoms with Crippen molar-refractivity contribution in [1.29, 1.82) is 0 Å². The van der Waals surface area contributed by atoms with Gasteiger partial charge in [-0.1, -0.05) is 38.2 Å². The SMILES string of the molecule is O=C1CC[C@@H](C(=O)N(Cc2cccs2)C2(C(=O)NC3CCCC3)CCCCC2)N1. The maximum Gasteiger partial charge on any atom is 0.246 e. The van der Waals surface area contributed by atoms with Crippen LogP contribution in [0.25, 0.3) is 0 Å². The number of hydrogen-bond donors (Lipinski definition) is 2. The predicted molar refractivity (Wildman–Crippen MR) is 112 cm³/mol. The van der Waals surface area contributed by atoms with Gasteiger partial charge in [0.1, 0.15) is 11.6 Å². The van der Waals surface area contributed by atoms with E-state index in [0.717, 1.165) is 49.8 Å². The zero-order valence-electron chi connectivity index (χ0n) is 17.0. The Morgan fingerprint density at radius 3 is 2.52 bits per heavy atom. The molecule has 1 aromatic heterocycles. The summed E-state index contributed by atoms with van der Waals surface area (Å²) in [7, 11) is 0. The number of rotatable bonds is 6. The molecular formula is C22H31N3O3S. The lowest BCUT2D eigenvalue weighted by Gasteiger charge is -2.46. The molecule has 0 spiro atoms. The molecule has 2 saturated carbocycles. The molecule has 1 aromatic rings. The van der Waals surface area contributed by atoms with E-state index in [0.29, 0.717) is 32.2 Å². The van der Waals surface area contributed by atoms with Crippen molar-refractivity contribution in [3.8, 4) is 0 Å². The molecule has 4 rings (SSSR count). The van der Waals surface area contributed by atoms with E-state index in [1.807, 2.05) is 22.4 Å². The molecule has 29 heavy (non-hydrogen) atoms. The van der Waals surface area contributed by atoms with Crippen molar-refractivity contribution in [3.63, 3.8) is 0 Å². The molecule has 0 radical (unpaired) electrons. The maximum atomic E-state index is 13.6. The molecule has 0 bridgehead atoms. The number of thiophene rings is 1. The van der Waals surface area contributed by atoms with Crippen molar-refractivity contribution in [2.45, 2.75) is 94.8 Å². The second kappa shape index (κ2) is 8.86. The van der Waals surface area contributed by atoms with Gasteiger partial charge in [-0.15, -0.1) is 11.3 Å². The highest BCUT2D eigenvalue weighted by molar-refractivity contribution is 7.09. The van der Waals surface area contributed by atoms with Gasteiger partial charge in [0.05, 0.1) is 6.54 Å². The van der Waals surface area contributed by atoms with Crippen LogP contribution in [0.2, 0.25) is 0 Å². The summed E-state index contributed by atoms with van der Waals surface area (Å²) in [6.07, 6.45) is 9.65. The predicted octanol–water partition coefficient (Wildman–Crippen LogP) is 3.12. The van der Waals surface area contributed by atoms with Gasteiger partial charge in [-0.3, -0.25) is 14.4 Å². The van der Waals surface area contributed by atoms with Gasteiger partial charge in [0.25, 0.3) is 0 Å². The average molecular weight is 418 g/mol. The van der Waals surface area contributed by atoms with Crippen LogP contribution in [0.15, 0.2) is 17.5 Å². The first-order valence-electron chi connectivity index (χ1n) is 11.0. The molecule has 158 valence electrons. The monoisotopic (exact) mass is 417 g/mol. The third-order valence-corrected chi connectivity index (χ3v) is 7.63. The Balaban J connectivity index is 1.64. The number of nitrogens with zero attached hydrogens (tertiary/aromatic N) is 1. The topological polar surface area (TPSA) is 78.5 Å². The van der Waals surface area contributed by atoms with Crippen LogP contribution in [0.4, 0.5) is 0 Å². The summed E-state index contributed by atoms with van der Waals surface area (Å²) in [6, 6.07) is 3.71. The summed E-state index contributed by atoms with van der Waals surface area (Å²) in [6.45, 7) is 0.432. The van der Waals surface area contributed by atoms with Crippen molar-refractivity contribution < 1.29 is 14.4 Å². The average Bonchev–Trinajstić information content (AvgIpc) is 3.49. The highest BCUT2D eigenvalue weighted by Crippen LogP contribution is 2.37. The molecule has 6 nitrogen and oxygen atoms in total. The Bertz CT molecular complexity index is 736. The van der Waals surface area contributed by atoms with Crippen LogP contribution in [-0.2, 0) is 20.9 Å². The minimum absolute atomic E-state index is 0.0123. The number of hydrogen-bond acceptors (Lipinski definition) is 4. The number of nitrogens with one attached hydrogen (secondary N) is 2. The van der Waals surface area contributed by atoms with E-state index < -0.39 is 11.6 Å². The third kappa shape index (κ3) is 4.34. The van der Waals surface area contributed by atoms with E-state index >= 15 is 0 Å². The number of carbonyl (C=O) groups excluding carboxylic acids is 3. The fraction of sp³-hybridized carbons (Fsp3) is 0.682. The molecule has 3 fully saturated rings. The van der Waals surface area contributed by atoms with E-state index in [1.54, 1.807) is 11.3 Å². The Hall–Kier alpha value is -1.89. The van der Waals surface area contributed by atoms with Crippen molar-refractivity contribution in [2.24, 2.45) is 0 Å². The lowest BCUT2D eigenvalue weighted by atomic mass is 9.78. The first-order valence-corrected chi connectivity index (χ1v) is 11.9. The Morgan fingerprint density at radius 1 is 1.14 bits per heavy atom. The summed E-state index contributed by atoms with van der Waals surface area (Å²) in [5.41, 5.74) is -0.810. The highest BCUT2D eigenvalue weighted by Gasteiger charge is 2.49. The van der Waals surface area contributed by atoms with Gasteiger partial charge in [-0.2, -0.15) is 0 Å². The largest absolute Gasteiger partial charge is 0.351 e. The van der Waals surface area contributed by atoms with E-state index in [9.17, 15) is 14.4 Å².